The lowest BCUT2D eigenvalue weighted by atomic mass is 10.3. The lowest BCUT2D eigenvalue weighted by Gasteiger charge is -2.10. The molecule has 4 N–H and O–H groups in total. The summed E-state index contributed by atoms with van der Waals surface area (Å²) >= 11 is 0. The minimum absolute atomic E-state index is 0.00160. The Balaban J connectivity index is 3.52. The van der Waals surface area contributed by atoms with Crippen LogP contribution in [0.4, 0.5) is 0 Å². The number of aliphatic hydroxyl groups excluding tert-OH is 2. The molecule has 0 aromatic rings. The summed E-state index contributed by atoms with van der Waals surface area (Å²) in [5.41, 5.74) is 0. The summed E-state index contributed by atoms with van der Waals surface area (Å²) in [6.07, 6.45) is -1.27. The molecule has 0 aromatic carbocycles. The molecule has 11 heavy (non-hydrogen) atoms. The smallest absolute Gasteiger partial charge is 0.396 e. The normalized spacial score (nSPS) is 14.9. The second-order valence-electron chi connectivity index (χ2n) is 1.92. The highest BCUT2D eigenvalue weighted by molar-refractivity contribution is 7.46. The second-order valence-corrected chi connectivity index (χ2v) is 3.11. The van der Waals surface area contributed by atoms with Crippen LogP contribution in [-0.4, -0.2) is 32.9 Å². The van der Waals surface area contributed by atoms with Crippen molar-refractivity contribution >= 4 is 7.82 Å². The second kappa shape index (κ2) is 4.82. The number of phosphoric ester groups is 1. The van der Waals surface area contributed by atoms with Gasteiger partial charge in [-0.25, -0.2) is 4.57 Å². The summed E-state index contributed by atoms with van der Waals surface area (Å²) in [4.78, 5) is 16.3. The van der Waals surface area contributed by atoms with Crippen LogP contribution in [0.15, 0.2) is 0 Å². The lowest BCUT2D eigenvalue weighted by Crippen LogP contribution is -2.10. The van der Waals surface area contributed by atoms with E-state index in [1.54, 1.807) is 0 Å². The number of aliphatic hydroxyl groups is 2. The van der Waals surface area contributed by atoms with E-state index in [1.807, 2.05) is 0 Å². The molecule has 0 aliphatic carbocycles. The first kappa shape index (κ1) is 11.0. The van der Waals surface area contributed by atoms with E-state index in [4.69, 9.17) is 20.0 Å². The van der Waals surface area contributed by atoms with E-state index < -0.39 is 14.1 Å². The van der Waals surface area contributed by atoms with E-state index in [-0.39, 0.29) is 19.4 Å². The van der Waals surface area contributed by atoms with Crippen molar-refractivity contribution in [3.05, 3.63) is 0 Å². The third-order valence-corrected chi connectivity index (χ3v) is 1.39. The standard InChI is InChI=1S/C4H11O6P/c5-3-1-2-4(6)10-11(7,8)9/h4-6H,1-3H2,(H2,7,8,9). The van der Waals surface area contributed by atoms with E-state index in [1.165, 1.54) is 0 Å². The zero-order chi connectivity index (χ0) is 8.91. The highest BCUT2D eigenvalue weighted by atomic mass is 31.2. The summed E-state index contributed by atoms with van der Waals surface area (Å²) < 4.78 is 13.9. The van der Waals surface area contributed by atoms with Crippen LogP contribution in [0.2, 0.25) is 0 Å². The Kier molecular flexibility index (Phi) is 4.83. The molecule has 0 bridgehead atoms. The van der Waals surface area contributed by atoms with Gasteiger partial charge in [-0.3, -0.25) is 4.52 Å². The van der Waals surface area contributed by atoms with Gasteiger partial charge in [0.25, 0.3) is 0 Å². The van der Waals surface area contributed by atoms with Crippen molar-refractivity contribution in [2.75, 3.05) is 6.61 Å². The minimum atomic E-state index is -4.59. The van der Waals surface area contributed by atoms with E-state index in [9.17, 15) is 4.57 Å². The van der Waals surface area contributed by atoms with Crippen molar-refractivity contribution in [1.29, 1.82) is 0 Å². The SMILES string of the molecule is O=P(O)(O)OC(O)CCCO. The summed E-state index contributed by atoms with van der Waals surface area (Å²) in [6.45, 7) is -0.151. The number of phosphoric acid groups is 1. The Morgan fingerprint density at radius 3 is 2.36 bits per heavy atom. The molecular weight excluding hydrogens is 175 g/mol. The molecule has 0 fully saturated rings. The maximum Gasteiger partial charge on any atom is 0.471 e. The fourth-order valence-electron chi connectivity index (χ4n) is 0.477. The fourth-order valence-corrected chi connectivity index (χ4v) is 0.900. The molecule has 1 unspecified atom stereocenters. The average molecular weight is 186 g/mol. The first-order valence-electron chi connectivity index (χ1n) is 2.98. The van der Waals surface area contributed by atoms with Crippen molar-refractivity contribution in [3.63, 3.8) is 0 Å². The van der Waals surface area contributed by atoms with Crippen molar-refractivity contribution in [2.24, 2.45) is 0 Å². The number of hydrogen-bond acceptors (Lipinski definition) is 4. The van der Waals surface area contributed by atoms with Gasteiger partial charge in [0.05, 0.1) is 0 Å². The monoisotopic (exact) mass is 186 g/mol. The Bertz CT molecular complexity index is 142. The molecule has 0 rings (SSSR count). The van der Waals surface area contributed by atoms with Gasteiger partial charge < -0.3 is 20.0 Å². The zero-order valence-electron chi connectivity index (χ0n) is 5.75. The first-order valence-corrected chi connectivity index (χ1v) is 4.51. The van der Waals surface area contributed by atoms with E-state index in [0.717, 1.165) is 0 Å². The molecule has 0 heterocycles. The molecule has 7 heteroatoms. The molecule has 0 aliphatic rings. The Morgan fingerprint density at radius 1 is 1.45 bits per heavy atom. The van der Waals surface area contributed by atoms with Crippen molar-refractivity contribution in [3.8, 4) is 0 Å². The van der Waals surface area contributed by atoms with Gasteiger partial charge in [-0.2, -0.15) is 0 Å². The van der Waals surface area contributed by atoms with Gasteiger partial charge in [0.2, 0.25) is 0 Å². The van der Waals surface area contributed by atoms with Crippen molar-refractivity contribution < 1.29 is 29.1 Å². The van der Waals surface area contributed by atoms with Crippen molar-refractivity contribution in [1.82, 2.24) is 0 Å². The molecule has 68 valence electrons. The lowest BCUT2D eigenvalue weighted by molar-refractivity contribution is -0.0445. The fraction of sp³-hybridized carbons (Fsp3) is 1.00. The zero-order valence-corrected chi connectivity index (χ0v) is 6.65. The summed E-state index contributed by atoms with van der Waals surface area (Å²) in [7, 11) is -4.59. The Hall–Kier alpha value is 0.0300. The predicted octanol–water partition coefficient (Wildman–Crippen LogP) is -0.813. The molecule has 1 atom stereocenters. The largest absolute Gasteiger partial charge is 0.471 e. The quantitative estimate of drug-likeness (QED) is 0.330. The van der Waals surface area contributed by atoms with Gasteiger partial charge >= 0.3 is 7.82 Å². The van der Waals surface area contributed by atoms with Gasteiger partial charge in [-0.15, -0.1) is 0 Å². The van der Waals surface area contributed by atoms with Crippen LogP contribution in [0.25, 0.3) is 0 Å². The van der Waals surface area contributed by atoms with E-state index >= 15 is 0 Å². The molecule has 0 spiro atoms. The molecule has 0 amide bonds. The van der Waals surface area contributed by atoms with Crippen LogP contribution in [-0.2, 0) is 9.09 Å². The van der Waals surface area contributed by atoms with Crippen LogP contribution >= 0.6 is 7.82 Å². The summed E-state index contributed by atoms with van der Waals surface area (Å²) in [5.74, 6) is 0. The summed E-state index contributed by atoms with van der Waals surface area (Å²) in [6, 6.07) is 0. The molecule has 0 aromatic heterocycles. The molecular formula is C4H11O6P. The molecule has 0 radical (unpaired) electrons. The topological polar surface area (TPSA) is 107 Å². The number of hydrogen-bond donors (Lipinski definition) is 4. The van der Waals surface area contributed by atoms with Gasteiger partial charge in [0, 0.05) is 13.0 Å². The van der Waals surface area contributed by atoms with Gasteiger partial charge in [0.15, 0.2) is 6.29 Å². The molecule has 0 aliphatic heterocycles. The van der Waals surface area contributed by atoms with Crippen LogP contribution in [0, 0.1) is 0 Å². The highest BCUT2D eigenvalue weighted by Crippen LogP contribution is 2.37. The van der Waals surface area contributed by atoms with Gasteiger partial charge in [0.1, 0.15) is 0 Å². The van der Waals surface area contributed by atoms with Crippen molar-refractivity contribution in [2.45, 2.75) is 19.1 Å². The maximum atomic E-state index is 10.1. The molecule has 0 saturated carbocycles. The summed E-state index contributed by atoms with van der Waals surface area (Å²) in [5, 5.41) is 16.9. The van der Waals surface area contributed by atoms with Gasteiger partial charge in [-0.05, 0) is 6.42 Å². The Morgan fingerprint density at radius 2 is 2.00 bits per heavy atom. The minimum Gasteiger partial charge on any atom is -0.396 e. The van der Waals surface area contributed by atoms with Gasteiger partial charge in [-0.1, -0.05) is 0 Å². The molecule has 6 nitrogen and oxygen atoms in total. The maximum absolute atomic E-state index is 10.1. The van der Waals surface area contributed by atoms with E-state index in [0.29, 0.717) is 0 Å². The van der Waals surface area contributed by atoms with Crippen LogP contribution in [0.1, 0.15) is 12.8 Å². The predicted molar refractivity (Wildman–Crippen MR) is 35.5 cm³/mol. The van der Waals surface area contributed by atoms with E-state index in [2.05, 4.69) is 4.52 Å². The number of rotatable bonds is 5. The van der Waals surface area contributed by atoms with Crippen LogP contribution in [0.5, 0.6) is 0 Å². The third-order valence-electron chi connectivity index (χ3n) is 0.868. The molecule has 0 saturated heterocycles. The van der Waals surface area contributed by atoms with Crippen LogP contribution in [0.3, 0.4) is 0 Å². The average Bonchev–Trinajstić information content (AvgIpc) is 1.79. The van der Waals surface area contributed by atoms with Crippen LogP contribution < -0.4 is 0 Å². The Labute approximate surface area is 63.7 Å². The third kappa shape index (κ3) is 7.93. The first-order chi connectivity index (χ1) is 4.95. The highest BCUT2D eigenvalue weighted by Gasteiger charge is 2.19.